The van der Waals surface area contributed by atoms with Crippen molar-refractivity contribution in [2.45, 2.75) is 53.4 Å². The molecule has 0 N–H and O–H groups in total. The van der Waals surface area contributed by atoms with Crippen molar-refractivity contribution in [3.05, 3.63) is 102 Å². The average molecular weight is 385 g/mol. The maximum atomic E-state index is 6.02. The Morgan fingerprint density at radius 2 is 1.83 bits per heavy atom. The summed E-state index contributed by atoms with van der Waals surface area (Å²) in [5.74, 6) is 3.50. The summed E-state index contributed by atoms with van der Waals surface area (Å²) in [6.45, 7) is 12.8. The molecule has 1 aromatic rings. The number of terminal acetylenes is 1. The number of allylic oxidation sites excluding steroid dienone is 11. The minimum absolute atomic E-state index is 0.569. The van der Waals surface area contributed by atoms with Crippen molar-refractivity contribution in [2.75, 3.05) is 0 Å². The van der Waals surface area contributed by atoms with Gasteiger partial charge in [-0.2, -0.15) is 0 Å². The first-order valence-electron chi connectivity index (χ1n) is 10.7. The molecule has 0 fully saturated rings. The molecule has 0 spiro atoms. The molecular weight excluding hydrogens is 348 g/mol. The fourth-order valence-corrected chi connectivity index (χ4v) is 3.23. The first-order chi connectivity index (χ1) is 14.1. The van der Waals surface area contributed by atoms with Gasteiger partial charge in [0, 0.05) is 11.1 Å². The quantitative estimate of drug-likeness (QED) is 0.265. The normalized spacial score (nSPS) is 14.4. The van der Waals surface area contributed by atoms with Crippen LogP contribution in [0.1, 0.15) is 58.9 Å². The number of rotatable bonds is 11. The SMILES string of the molecule is C#C\C(C(=C)/C=C/C(CC)CCCC)=C(C(/C=C\C)=C/C=C\C)\c1ccccc1. The van der Waals surface area contributed by atoms with E-state index in [-0.39, 0.29) is 0 Å². The fraction of sp³-hybridized carbons (Fsp3) is 0.310. The van der Waals surface area contributed by atoms with Gasteiger partial charge in [0.1, 0.15) is 0 Å². The Morgan fingerprint density at radius 3 is 2.38 bits per heavy atom. The van der Waals surface area contributed by atoms with E-state index in [1.54, 1.807) is 0 Å². The average Bonchev–Trinajstić information content (AvgIpc) is 2.75. The number of unbranched alkanes of at least 4 members (excludes halogenated alkanes) is 1. The van der Waals surface area contributed by atoms with E-state index in [0.29, 0.717) is 5.92 Å². The molecule has 0 saturated heterocycles. The lowest BCUT2D eigenvalue weighted by Crippen LogP contribution is -1.97. The molecule has 1 aromatic carbocycles. The first kappa shape index (κ1) is 24.3. The van der Waals surface area contributed by atoms with Gasteiger partial charge in [-0.1, -0.05) is 112 Å². The molecule has 0 bridgehead atoms. The van der Waals surface area contributed by atoms with E-state index in [0.717, 1.165) is 34.3 Å². The van der Waals surface area contributed by atoms with Crippen molar-refractivity contribution < 1.29 is 0 Å². The van der Waals surface area contributed by atoms with Crippen LogP contribution in [0.15, 0.2) is 96.2 Å². The van der Waals surface area contributed by atoms with Gasteiger partial charge in [0.15, 0.2) is 0 Å². The van der Waals surface area contributed by atoms with Gasteiger partial charge >= 0.3 is 0 Å². The predicted molar refractivity (Wildman–Crippen MR) is 131 cm³/mol. The third kappa shape index (κ3) is 8.00. The van der Waals surface area contributed by atoms with Gasteiger partial charge in [0.2, 0.25) is 0 Å². The summed E-state index contributed by atoms with van der Waals surface area (Å²) in [5.41, 5.74) is 4.95. The van der Waals surface area contributed by atoms with Crippen LogP contribution < -0.4 is 0 Å². The second-order valence-electron chi connectivity index (χ2n) is 7.10. The van der Waals surface area contributed by atoms with Gasteiger partial charge < -0.3 is 0 Å². The molecule has 29 heavy (non-hydrogen) atoms. The van der Waals surface area contributed by atoms with Crippen LogP contribution in [-0.4, -0.2) is 0 Å². The monoisotopic (exact) mass is 384 g/mol. The second kappa shape index (κ2) is 14.3. The van der Waals surface area contributed by atoms with Crippen molar-refractivity contribution >= 4 is 5.57 Å². The van der Waals surface area contributed by atoms with Gasteiger partial charge in [0.25, 0.3) is 0 Å². The van der Waals surface area contributed by atoms with Crippen LogP contribution in [0.2, 0.25) is 0 Å². The molecule has 1 atom stereocenters. The highest BCUT2D eigenvalue weighted by atomic mass is 14.2. The van der Waals surface area contributed by atoms with Crippen LogP contribution in [0.4, 0.5) is 0 Å². The highest BCUT2D eigenvalue weighted by Gasteiger charge is 2.13. The van der Waals surface area contributed by atoms with E-state index in [4.69, 9.17) is 6.42 Å². The van der Waals surface area contributed by atoms with E-state index in [1.807, 2.05) is 50.3 Å². The van der Waals surface area contributed by atoms with Gasteiger partial charge in [-0.25, -0.2) is 0 Å². The summed E-state index contributed by atoms with van der Waals surface area (Å²) in [6.07, 6.45) is 25.6. The third-order valence-electron chi connectivity index (χ3n) is 4.90. The fourth-order valence-electron chi connectivity index (χ4n) is 3.23. The molecule has 0 radical (unpaired) electrons. The number of hydrogen-bond acceptors (Lipinski definition) is 0. The van der Waals surface area contributed by atoms with Gasteiger partial charge in [0.05, 0.1) is 0 Å². The minimum atomic E-state index is 0.569. The number of benzene rings is 1. The lowest BCUT2D eigenvalue weighted by molar-refractivity contribution is 0.540. The largest absolute Gasteiger partial charge is 0.115 e. The molecule has 0 aliphatic heterocycles. The molecule has 1 rings (SSSR count). The first-order valence-corrected chi connectivity index (χ1v) is 10.7. The molecule has 0 amide bonds. The summed E-state index contributed by atoms with van der Waals surface area (Å²) in [7, 11) is 0. The minimum Gasteiger partial charge on any atom is -0.115 e. The summed E-state index contributed by atoms with van der Waals surface area (Å²) in [5, 5.41) is 0. The highest BCUT2D eigenvalue weighted by Crippen LogP contribution is 2.31. The zero-order valence-electron chi connectivity index (χ0n) is 18.6. The summed E-state index contributed by atoms with van der Waals surface area (Å²) in [4.78, 5) is 0. The van der Waals surface area contributed by atoms with Crippen molar-refractivity contribution in [3.63, 3.8) is 0 Å². The van der Waals surface area contributed by atoms with E-state index in [1.165, 1.54) is 19.3 Å². The predicted octanol–water partition coefficient (Wildman–Crippen LogP) is 8.48. The van der Waals surface area contributed by atoms with Crippen molar-refractivity contribution in [1.29, 1.82) is 0 Å². The van der Waals surface area contributed by atoms with E-state index in [2.05, 4.69) is 62.8 Å². The molecule has 0 nitrogen and oxygen atoms in total. The molecule has 0 aromatic heterocycles. The van der Waals surface area contributed by atoms with Crippen LogP contribution in [0.5, 0.6) is 0 Å². The molecule has 0 saturated carbocycles. The Bertz CT molecular complexity index is 817. The molecule has 0 aliphatic carbocycles. The summed E-state index contributed by atoms with van der Waals surface area (Å²) in [6, 6.07) is 10.3. The van der Waals surface area contributed by atoms with Crippen LogP contribution in [-0.2, 0) is 0 Å². The molecule has 0 heteroatoms. The van der Waals surface area contributed by atoms with Crippen LogP contribution in [0.25, 0.3) is 5.57 Å². The Kier molecular flexibility index (Phi) is 11.9. The lowest BCUT2D eigenvalue weighted by atomic mass is 9.88. The molecule has 0 aliphatic rings. The molecule has 1 unspecified atom stereocenters. The van der Waals surface area contributed by atoms with Crippen LogP contribution >= 0.6 is 0 Å². The Morgan fingerprint density at radius 1 is 1.10 bits per heavy atom. The Balaban J connectivity index is 3.51. The molecule has 152 valence electrons. The van der Waals surface area contributed by atoms with E-state index < -0.39 is 0 Å². The Hall–Kier alpha value is -2.78. The lowest BCUT2D eigenvalue weighted by Gasteiger charge is -2.15. The second-order valence-corrected chi connectivity index (χ2v) is 7.10. The smallest absolute Gasteiger partial charge is 0.0393 e. The maximum absolute atomic E-state index is 6.02. The zero-order valence-corrected chi connectivity index (χ0v) is 18.6. The molecular formula is C29H36. The maximum Gasteiger partial charge on any atom is 0.0393 e. The van der Waals surface area contributed by atoms with Gasteiger partial charge in [-0.15, -0.1) is 6.42 Å². The molecule has 0 heterocycles. The van der Waals surface area contributed by atoms with Crippen molar-refractivity contribution in [1.82, 2.24) is 0 Å². The van der Waals surface area contributed by atoms with Crippen molar-refractivity contribution in [2.24, 2.45) is 5.92 Å². The number of hydrogen-bond donors (Lipinski definition) is 0. The van der Waals surface area contributed by atoms with Crippen LogP contribution in [0.3, 0.4) is 0 Å². The van der Waals surface area contributed by atoms with Crippen molar-refractivity contribution in [3.8, 4) is 12.3 Å². The van der Waals surface area contributed by atoms with Crippen LogP contribution in [0, 0.1) is 18.3 Å². The standard InChI is InChI=1S/C29H36/c1-7-12-18-25(10-4)23-22-24(6)28(11-5)29(27-20-15-14-16-21-27)26(17-9-3)19-13-8-2/h5,8-9,13-17,19-23,25H,6-7,10,12,18H2,1-4H3/b13-8-,17-9-,23-22+,26-19+,29-28-. The highest BCUT2D eigenvalue weighted by molar-refractivity contribution is 5.89. The van der Waals surface area contributed by atoms with Gasteiger partial charge in [-0.05, 0) is 49.3 Å². The topological polar surface area (TPSA) is 0 Å². The van der Waals surface area contributed by atoms with E-state index in [9.17, 15) is 0 Å². The Labute approximate surface area is 179 Å². The summed E-state index contributed by atoms with van der Waals surface area (Å²) < 4.78 is 0. The van der Waals surface area contributed by atoms with Gasteiger partial charge in [-0.3, -0.25) is 0 Å². The zero-order chi connectivity index (χ0) is 21.5. The summed E-state index contributed by atoms with van der Waals surface area (Å²) >= 11 is 0. The van der Waals surface area contributed by atoms with E-state index >= 15 is 0 Å². The third-order valence-corrected chi connectivity index (χ3v) is 4.90.